The SMILES string of the molecule is Cc1oc(-c2ccccc2)nc1C(=O)NNC(=O)c1cc(Cl)ccc1O. The van der Waals surface area contributed by atoms with Crippen LogP contribution in [0.3, 0.4) is 0 Å². The number of amides is 2. The van der Waals surface area contributed by atoms with Gasteiger partial charge in [0.1, 0.15) is 11.5 Å². The quantitative estimate of drug-likeness (QED) is 0.614. The number of hydrogen-bond acceptors (Lipinski definition) is 5. The van der Waals surface area contributed by atoms with Gasteiger partial charge in [0.05, 0.1) is 5.56 Å². The molecule has 1 heterocycles. The Hall–Kier alpha value is -3.32. The van der Waals surface area contributed by atoms with Crippen molar-refractivity contribution in [1.29, 1.82) is 0 Å². The molecule has 7 nitrogen and oxygen atoms in total. The minimum absolute atomic E-state index is 0.0412. The van der Waals surface area contributed by atoms with E-state index >= 15 is 0 Å². The van der Waals surface area contributed by atoms with Crippen LogP contribution in [0.1, 0.15) is 26.6 Å². The number of hydrazine groups is 1. The van der Waals surface area contributed by atoms with Crippen molar-refractivity contribution < 1.29 is 19.1 Å². The topological polar surface area (TPSA) is 104 Å². The molecule has 0 spiro atoms. The lowest BCUT2D eigenvalue weighted by molar-refractivity contribution is 0.0841. The summed E-state index contributed by atoms with van der Waals surface area (Å²) in [5.74, 6) is -1.02. The highest BCUT2D eigenvalue weighted by Gasteiger charge is 2.19. The number of aromatic hydroxyl groups is 1. The number of hydrogen-bond donors (Lipinski definition) is 3. The van der Waals surface area contributed by atoms with Gasteiger partial charge in [-0.1, -0.05) is 29.8 Å². The van der Waals surface area contributed by atoms with Crippen molar-refractivity contribution in [1.82, 2.24) is 15.8 Å². The van der Waals surface area contributed by atoms with Gasteiger partial charge in [-0.05, 0) is 37.3 Å². The summed E-state index contributed by atoms with van der Waals surface area (Å²) in [6.07, 6.45) is 0. The van der Waals surface area contributed by atoms with Crippen LogP contribution in [-0.2, 0) is 0 Å². The predicted molar refractivity (Wildman–Crippen MR) is 94.7 cm³/mol. The smallest absolute Gasteiger partial charge is 0.291 e. The monoisotopic (exact) mass is 371 g/mol. The molecule has 0 aliphatic rings. The number of halogens is 1. The normalized spacial score (nSPS) is 10.4. The molecular weight excluding hydrogens is 358 g/mol. The first-order valence-electron chi connectivity index (χ1n) is 7.58. The maximum Gasteiger partial charge on any atom is 0.291 e. The Bertz CT molecular complexity index is 970. The van der Waals surface area contributed by atoms with Crippen LogP contribution in [0.15, 0.2) is 52.9 Å². The molecule has 0 saturated carbocycles. The summed E-state index contributed by atoms with van der Waals surface area (Å²) in [6, 6.07) is 13.1. The Morgan fingerprint density at radius 3 is 2.50 bits per heavy atom. The molecule has 0 fully saturated rings. The number of benzene rings is 2. The van der Waals surface area contributed by atoms with Crippen LogP contribution < -0.4 is 10.9 Å². The fourth-order valence-corrected chi connectivity index (χ4v) is 2.41. The van der Waals surface area contributed by atoms with E-state index in [0.717, 1.165) is 5.56 Å². The molecule has 3 aromatic rings. The third-order valence-electron chi connectivity index (χ3n) is 3.53. The standard InChI is InChI=1S/C18H14ClN3O4/c1-10-15(20-18(26-10)11-5-3-2-4-6-11)17(25)22-21-16(24)13-9-12(19)7-8-14(13)23/h2-9,23H,1H3,(H,21,24)(H,22,25). The van der Waals surface area contributed by atoms with Crippen LogP contribution in [0.5, 0.6) is 5.75 Å². The van der Waals surface area contributed by atoms with Gasteiger partial charge in [-0.15, -0.1) is 0 Å². The summed E-state index contributed by atoms with van der Waals surface area (Å²) in [7, 11) is 0. The Morgan fingerprint density at radius 1 is 1.08 bits per heavy atom. The second-order valence-electron chi connectivity index (χ2n) is 5.36. The van der Waals surface area contributed by atoms with E-state index < -0.39 is 11.8 Å². The van der Waals surface area contributed by atoms with Gasteiger partial charge in [0.15, 0.2) is 5.69 Å². The Morgan fingerprint density at radius 2 is 1.77 bits per heavy atom. The zero-order chi connectivity index (χ0) is 18.7. The third-order valence-corrected chi connectivity index (χ3v) is 3.76. The molecule has 3 rings (SSSR count). The maximum atomic E-state index is 12.3. The number of aryl methyl sites for hydroxylation is 1. The number of rotatable bonds is 3. The first-order chi connectivity index (χ1) is 12.5. The molecule has 0 radical (unpaired) electrons. The fourth-order valence-electron chi connectivity index (χ4n) is 2.24. The largest absolute Gasteiger partial charge is 0.507 e. The molecule has 0 atom stereocenters. The van der Waals surface area contributed by atoms with Crippen LogP contribution in [0.25, 0.3) is 11.5 Å². The Kier molecular flexibility index (Phi) is 4.90. The first-order valence-corrected chi connectivity index (χ1v) is 7.95. The van der Waals surface area contributed by atoms with E-state index in [1.54, 1.807) is 19.1 Å². The summed E-state index contributed by atoms with van der Waals surface area (Å²) < 4.78 is 5.51. The summed E-state index contributed by atoms with van der Waals surface area (Å²) in [5, 5.41) is 9.98. The number of phenolic OH excluding ortho intramolecular Hbond substituents is 1. The van der Waals surface area contributed by atoms with Crippen molar-refractivity contribution in [2.75, 3.05) is 0 Å². The fraction of sp³-hybridized carbons (Fsp3) is 0.0556. The van der Waals surface area contributed by atoms with Crippen molar-refractivity contribution in [2.45, 2.75) is 6.92 Å². The van der Waals surface area contributed by atoms with Crippen molar-refractivity contribution in [3.8, 4) is 17.2 Å². The minimum Gasteiger partial charge on any atom is -0.507 e. The lowest BCUT2D eigenvalue weighted by Crippen LogP contribution is -2.42. The van der Waals surface area contributed by atoms with Crippen molar-refractivity contribution in [3.63, 3.8) is 0 Å². The van der Waals surface area contributed by atoms with E-state index in [2.05, 4.69) is 15.8 Å². The third kappa shape index (κ3) is 3.68. The van der Waals surface area contributed by atoms with E-state index in [-0.39, 0.29) is 22.0 Å². The van der Waals surface area contributed by atoms with Gasteiger partial charge in [0.2, 0.25) is 5.89 Å². The van der Waals surface area contributed by atoms with Gasteiger partial charge in [0, 0.05) is 10.6 Å². The van der Waals surface area contributed by atoms with Crippen molar-refractivity contribution >= 4 is 23.4 Å². The van der Waals surface area contributed by atoms with E-state index in [1.807, 2.05) is 18.2 Å². The average molecular weight is 372 g/mol. The van der Waals surface area contributed by atoms with Crippen LogP contribution >= 0.6 is 11.6 Å². The zero-order valence-corrected chi connectivity index (χ0v) is 14.4. The average Bonchev–Trinajstić information content (AvgIpc) is 3.04. The summed E-state index contributed by atoms with van der Waals surface area (Å²) in [4.78, 5) is 28.5. The van der Waals surface area contributed by atoms with Crippen LogP contribution in [0, 0.1) is 6.92 Å². The minimum atomic E-state index is -0.720. The Balaban J connectivity index is 1.72. The number of aromatic nitrogens is 1. The first kappa shape index (κ1) is 17.5. The Labute approximate surface area is 153 Å². The van der Waals surface area contributed by atoms with Gasteiger partial charge >= 0.3 is 0 Å². The molecule has 26 heavy (non-hydrogen) atoms. The molecule has 0 unspecified atom stereocenters. The maximum absolute atomic E-state index is 12.3. The lowest BCUT2D eigenvalue weighted by Gasteiger charge is -2.07. The molecule has 1 aromatic heterocycles. The van der Waals surface area contributed by atoms with Crippen LogP contribution in [0.2, 0.25) is 5.02 Å². The van der Waals surface area contributed by atoms with E-state index in [1.165, 1.54) is 18.2 Å². The van der Waals surface area contributed by atoms with E-state index in [4.69, 9.17) is 16.0 Å². The predicted octanol–water partition coefficient (Wildman–Crippen LogP) is 3.08. The second-order valence-corrected chi connectivity index (χ2v) is 5.80. The molecule has 0 bridgehead atoms. The summed E-state index contributed by atoms with van der Waals surface area (Å²) >= 11 is 5.80. The van der Waals surface area contributed by atoms with Gasteiger partial charge < -0.3 is 9.52 Å². The highest BCUT2D eigenvalue weighted by atomic mass is 35.5. The number of nitrogens with one attached hydrogen (secondary N) is 2. The summed E-state index contributed by atoms with van der Waals surface area (Å²) in [5.41, 5.74) is 5.13. The molecule has 8 heteroatoms. The molecule has 132 valence electrons. The highest BCUT2D eigenvalue weighted by molar-refractivity contribution is 6.31. The molecule has 3 N–H and O–H groups in total. The van der Waals surface area contributed by atoms with Crippen molar-refractivity contribution in [3.05, 3.63) is 70.6 Å². The van der Waals surface area contributed by atoms with Gasteiger partial charge in [-0.25, -0.2) is 4.98 Å². The van der Waals surface area contributed by atoms with Gasteiger partial charge in [-0.2, -0.15) is 0 Å². The second kappa shape index (κ2) is 7.28. The number of carbonyl (C=O) groups is 2. The number of oxazole rings is 1. The molecule has 0 saturated heterocycles. The molecule has 0 aliphatic heterocycles. The van der Waals surface area contributed by atoms with Gasteiger partial charge in [0.25, 0.3) is 11.8 Å². The molecule has 2 aromatic carbocycles. The molecule has 0 aliphatic carbocycles. The number of phenols is 1. The molecule has 2 amide bonds. The summed E-state index contributed by atoms with van der Waals surface area (Å²) in [6.45, 7) is 1.60. The van der Waals surface area contributed by atoms with E-state index in [9.17, 15) is 14.7 Å². The van der Waals surface area contributed by atoms with Crippen molar-refractivity contribution in [2.24, 2.45) is 0 Å². The molecular formula is C18H14ClN3O4. The lowest BCUT2D eigenvalue weighted by atomic mass is 10.2. The van der Waals surface area contributed by atoms with E-state index in [0.29, 0.717) is 11.7 Å². The number of nitrogens with zero attached hydrogens (tertiary/aromatic N) is 1. The van der Waals surface area contributed by atoms with Crippen LogP contribution in [-0.4, -0.2) is 21.9 Å². The zero-order valence-electron chi connectivity index (χ0n) is 13.6. The highest BCUT2D eigenvalue weighted by Crippen LogP contribution is 2.22. The van der Waals surface area contributed by atoms with Crippen LogP contribution in [0.4, 0.5) is 0 Å². The number of carbonyl (C=O) groups excluding carboxylic acids is 2. The van der Waals surface area contributed by atoms with Gasteiger partial charge in [-0.3, -0.25) is 20.4 Å².